The quantitative estimate of drug-likeness (QED) is 0.547. The predicted molar refractivity (Wildman–Crippen MR) is 132 cm³/mol. The first kappa shape index (κ1) is 22.4. The summed E-state index contributed by atoms with van der Waals surface area (Å²) in [5.74, 6) is 0.565. The van der Waals surface area contributed by atoms with E-state index < -0.39 is 0 Å². The van der Waals surface area contributed by atoms with E-state index in [9.17, 15) is 4.79 Å². The van der Waals surface area contributed by atoms with Gasteiger partial charge in [-0.1, -0.05) is 24.3 Å². The molecule has 1 aromatic heterocycles. The van der Waals surface area contributed by atoms with Crippen LogP contribution in [0.3, 0.4) is 0 Å². The Labute approximate surface area is 204 Å². The highest BCUT2D eigenvalue weighted by atomic mass is 19.1. The van der Waals surface area contributed by atoms with Gasteiger partial charge in [-0.3, -0.25) is 14.7 Å². The lowest BCUT2D eigenvalue weighted by molar-refractivity contribution is -0.172. The van der Waals surface area contributed by atoms with Crippen LogP contribution >= 0.6 is 0 Å². The molecule has 3 fully saturated rings. The third-order valence-corrected chi connectivity index (χ3v) is 7.73. The highest BCUT2D eigenvalue weighted by Gasteiger charge is 2.46. The average molecular weight is 476 g/mol. The summed E-state index contributed by atoms with van der Waals surface area (Å²) in [4.78, 5) is 21.0. The van der Waals surface area contributed by atoms with Gasteiger partial charge in [0.25, 0.3) is 0 Å². The second-order valence-electron chi connectivity index (χ2n) is 10.0. The second-order valence-corrected chi connectivity index (χ2v) is 10.0. The number of fused-ring (bicyclic) bond motifs is 1. The molecule has 1 amide bonds. The van der Waals surface area contributed by atoms with E-state index in [0.717, 1.165) is 60.8 Å². The van der Waals surface area contributed by atoms with E-state index in [1.54, 1.807) is 19.4 Å². The number of pyridine rings is 1. The van der Waals surface area contributed by atoms with Gasteiger partial charge in [0, 0.05) is 48.4 Å². The standard InChI is InChI=1S/C28H30FN3O3/c1-34-27-23(9-6-19-3-2-12-30-26(19)27)20-4-5-21(24(29)15-20)16-31-13-10-28(11-14-31)18-32(22-7-8-22)25(33)17-35-28/h2-6,9,12,15,22H,7-8,10-11,13-14,16-18H2,1H3. The van der Waals surface area contributed by atoms with E-state index in [2.05, 4.69) is 9.88 Å². The average Bonchev–Trinajstić information content (AvgIpc) is 3.73. The minimum absolute atomic E-state index is 0.126. The molecular weight excluding hydrogens is 445 g/mol. The van der Waals surface area contributed by atoms with Crippen molar-refractivity contribution < 1.29 is 18.7 Å². The lowest BCUT2D eigenvalue weighted by Gasteiger charge is -2.47. The van der Waals surface area contributed by atoms with Gasteiger partial charge in [-0.15, -0.1) is 0 Å². The highest BCUT2D eigenvalue weighted by molar-refractivity contribution is 5.92. The molecule has 182 valence electrons. The first-order valence-corrected chi connectivity index (χ1v) is 12.4. The summed E-state index contributed by atoms with van der Waals surface area (Å²) in [6.45, 7) is 3.12. The topological polar surface area (TPSA) is 54.9 Å². The van der Waals surface area contributed by atoms with Gasteiger partial charge < -0.3 is 14.4 Å². The molecule has 1 spiro atoms. The van der Waals surface area contributed by atoms with Crippen molar-refractivity contribution >= 4 is 16.8 Å². The second kappa shape index (κ2) is 8.88. The van der Waals surface area contributed by atoms with Gasteiger partial charge in [0.15, 0.2) is 5.75 Å². The maximum atomic E-state index is 15.2. The molecule has 6 nitrogen and oxygen atoms in total. The van der Waals surface area contributed by atoms with Crippen LogP contribution in [0.2, 0.25) is 0 Å². The van der Waals surface area contributed by atoms with Crippen LogP contribution in [0.5, 0.6) is 5.75 Å². The van der Waals surface area contributed by atoms with E-state index in [1.165, 1.54) is 0 Å². The smallest absolute Gasteiger partial charge is 0.248 e. The van der Waals surface area contributed by atoms with E-state index in [4.69, 9.17) is 9.47 Å². The number of aromatic nitrogens is 1. The first-order valence-electron chi connectivity index (χ1n) is 12.4. The fourth-order valence-electron chi connectivity index (χ4n) is 5.52. The number of piperidine rings is 1. The molecule has 3 aliphatic rings. The molecule has 0 unspecified atom stereocenters. The van der Waals surface area contributed by atoms with Crippen molar-refractivity contribution in [2.24, 2.45) is 0 Å². The van der Waals surface area contributed by atoms with Crippen molar-refractivity contribution in [3.8, 4) is 16.9 Å². The van der Waals surface area contributed by atoms with Crippen LogP contribution in [-0.2, 0) is 16.1 Å². The molecule has 1 aliphatic carbocycles. The summed E-state index contributed by atoms with van der Waals surface area (Å²) in [6, 6.07) is 13.7. The van der Waals surface area contributed by atoms with Crippen molar-refractivity contribution in [1.82, 2.24) is 14.8 Å². The fraction of sp³-hybridized carbons (Fsp3) is 0.429. The lowest BCUT2D eigenvalue weighted by Crippen LogP contribution is -2.59. The van der Waals surface area contributed by atoms with Gasteiger partial charge in [-0.25, -0.2) is 4.39 Å². The maximum Gasteiger partial charge on any atom is 0.248 e. The zero-order valence-electron chi connectivity index (χ0n) is 20.0. The van der Waals surface area contributed by atoms with Gasteiger partial charge in [0.1, 0.15) is 17.9 Å². The van der Waals surface area contributed by atoms with Crippen LogP contribution in [0.15, 0.2) is 48.7 Å². The van der Waals surface area contributed by atoms with E-state index in [1.807, 2.05) is 41.3 Å². The molecule has 0 atom stereocenters. The fourth-order valence-corrected chi connectivity index (χ4v) is 5.52. The maximum absolute atomic E-state index is 15.2. The molecule has 2 saturated heterocycles. The molecule has 3 aromatic rings. The number of carbonyl (C=O) groups is 1. The van der Waals surface area contributed by atoms with Crippen LogP contribution in [0.1, 0.15) is 31.2 Å². The van der Waals surface area contributed by atoms with Crippen molar-refractivity contribution in [2.75, 3.05) is 33.4 Å². The van der Waals surface area contributed by atoms with Crippen LogP contribution < -0.4 is 4.74 Å². The zero-order chi connectivity index (χ0) is 24.0. The van der Waals surface area contributed by atoms with Gasteiger partial charge in [0.05, 0.1) is 19.3 Å². The molecule has 2 aliphatic heterocycles. The molecule has 7 heteroatoms. The summed E-state index contributed by atoms with van der Waals surface area (Å²) < 4.78 is 26.9. The van der Waals surface area contributed by atoms with Gasteiger partial charge in [0.2, 0.25) is 5.91 Å². The Kier molecular flexibility index (Phi) is 5.69. The number of methoxy groups -OCH3 is 1. The summed E-state index contributed by atoms with van der Waals surface area (Å²) in [7, 11) is 1.62. The van der Waals surface area contributed by atoms with Crippen molar-refractivity contribution in [1.29, 1.82) is 0 Å². The number of morpholine rings is 1. The monoisotopic (exact) mass is 475 g/mol. The lowest BCUT2D eigenvalue weighted by atomic mass is 9.89. The van der Waals surface area contributed by atoms with E-state index in [-0.39, 0.29) is 23.9 Å². The Balaban J connectivity index is 1.15. The number of ether oxygens (including phenoxy) is 2. The minimum Gasteiger partial charge on any atom is -0.494 e. The molecule has 3 heterocycles. The number of halogens is 1. The van der Waals surface area contributed by atoms with Crippen LogP contribution in [0.4, 0.5) is 4.39 Å². The Morgan fingerprint density at radius 1 is 1.17 bits per heavy atom. The molecule has 0 N–H and O–H groups in total. The zero-order valence-corrected chi connectivity index (χ0v) is 20.0. The highest BCUT2D eigenvalue weighted by Crippen LogP contribution is 2.38. The number of carbonyl (C=O) groups excluding carboxylic acids is 1. The number of benzene rings is 2. The summed E-state index contributed by atoms with van der Waals surface area (Å²) >= 11 is 0. The third-order valence-electron chi connectivity index (χ3n) is 7.73. The summed E-state index contributed by atoms with van der Waals surface area (Å²) in [6.07, 6.45) is 5.70. The number of nitrogens with zero attached hydrogens (tertiary/aromatic N) is 3. The van der Waals surface area contributed by atoms with E-state index in [0.29, 0.717) is 30.4 Å². The van der Waals surface area contributed by atoms with E-state index >= 15 is 4.39 Å². The molecular formula is C28H30FN3O3. The first-order chi connectivity index (χ1) is 17.0. The predicted octanol–water partition coefficient (Wildman–Crippen LogP) is 4.41. The van der Waals surface area contributed by atoms with Crippen LogP contribution in [0, 0.1) is 5.82 Å². The summed E-state index contributed by atoms with van der Waals surface area (Å²) in [5, 5.41) is 0.986. The molecule has 2 aromatic carbocycles. The van der Waals surface area contributed by atoms with Gasteiger partial charge >= 0.3 is 0 Å². The number of hydrogen-bond donors (Lipinski definition) is 0. The molecule has 0 bridgehead atoms. The minimum atomic E-state index is -0.240. The van der Waals surface area contributed by atoms with Crippen molar-refractivity contribution in [2.45, 2.75) is 43.9 Å². The normalized spacial score (nSPS) is 20.5. The molecule has 6 rings (SSSR count). The van der Waals surface area contributed by atoms with Gasteiger partial charge in [-0.2, -0.15) is 0 Å². The Morgan fingerprint density at radius 2 is 2.00 bits per heavy atom. The van der Waals surface area contributed by atoms with Crippen molar-refractivity contribution in [3.05, 3.63) is 60.0 Å². The molecule has 1 saturated carbocycles. The van der Waals surface area contributed by atoms with Crippen molar-refractivity contribution in [3.63, 3.8) is 0 Å². The van der Waals surface area contributed by atoms with Crippen LogP contribution in [0.25, 0.3) is 22.0 Å². The number of hydrogen-bond acceptors (Lipinski definition) is 5. The molecule has 35 heavy (non-hydrogen) atoms. The SMILES string of the molecule is COc1c(-c2ccc(CN3CCC4(CC3)CN(C3CC3)C(=O)CO4)c(F)c2)ccc2cccnc12. The Hall–Kier alpha value is -3.03. The number of likely N-dealkylation sites (tertiary alicyclic amines) is 1. The van der Waals surface area contributed by atoms with Crippen LogP contribution in [-0.4, -0.2) is 65.7 Å². The Bertz CT molecular complexity index is 1270. The molecule has 0 radical (unpaired) electrons. The van der Waals surface area contributed by atoms with Gasteiger partial charge in [-0.05, 0) is 49.4 Å². The summed E-state index contributed by atoms with van der Waals surface area (Å²) in [5.41, 5.74) is 2.81. The number of rotatable bonds is 5. The third kappa shape index (κ3) is 4.28. The number of amides is 1. The Morgan fingerprint density at radius 3 is 2.74 bits per heavy atom. The largest absolute Gasteiger partial charge is 0.494 e.